The molecule has 2 heterocycles. The van der Waals surface area contributed by atoms with Crippen molar-refractivity contribution in [2.75, 3.05) is 6.26 Å². The Bertz CT molecular complexity index is 504. The molecule has 0 atom stereocenters. The molecule has 0 aliphatic carbocycles. The Balaban J connectivity index is 2.38. The van der Waals surface area contributed by atoms with Crippen molar-refractivity contribution in [1.29, 1.82) is 0 Å². The summed E-state index contributed by atoms with van der Waals surface area (Å²) >= 11 is 9.61. The standard InChI is InChI=1S/C10H7ClIN3S/c1-16-10-14-4-7(5-15-10)6-2-8(11)9(12)13-3-6/h2-5H,1H3. The molecule has 0 amide bonds. The molecule has 2 aromatic rings. The van der Waals surface area contributed by atoms with Crippen molar-refractivity contribution in [3.63, 3.8) is 0 Å². The van der Waals surface area contributed by atoms with Crippen molar-refractivity contribution >= 4 is 46.0 Å². The fourth-order valence-electron chi connectivity index (χ4n) is 1.15. The third kappa shape index (κ3) is 2.64. The van der Waals surface area contributed by atoms with Gasteiger partial charge in [-0.25, -0.2) is 15.0 Å². The zero-order valence-electron chi connectivity index (χ0n) is 8.32. The van der Waals surface area contributed by atoms with Crippen molar-refractivity contribution in [1.82, 2.24) is 15.0 Å². The highest BCUT2D eigenvalue weighted by atomic mass is 127. The Labute approximate surface area is 116 Å². The van der Waals surface area contributed by atoms with Crippen molar-refractivity contribution in [2.45, 2.75) is 5.16 Å². The first-order valence-corrected chi connectivity index (χ1v) is 7.06. The van der Waals surface area contributed by atoms with E-state index in [1.54, 1.807) is 18.6 Å². The SMILES string of the molecule is CSc1ncc(-c2cnc(I)c(Cl)c2)cn1. The van der Waals surface area contributed by atoms with Gasteiger partial charge in [-0.1, -0.05) is 23.4 Å². The van der Waals surface area contributed by atoms with E-state index < -0.39 is 0 Å². The summed E-state index contributed by atoms with van der Waals surface area (Å²) in [5, 5.41) is 1.40. The summed E-state index contributed by atoms with van der Waals surface area (Å²) in [6.07, 6.45) is 7.27. The number of nitrogens with zero attached hydrogens (tertiary/aromatic N) is 3. The van der Waals surface area contributed by atoms with E-state index in [0.29, 0.717) is 5.02 Å². The van der Waals surface area contributed by atoms with Crippen LogP contribution in [0.2, 0.25) is 5.02 Å². The van der Waals surface area contributed by atoms with Gasteiger partial charge in [-0.15, -0.1) is 0 Å². The minimum Gasteiger partial charge on any atom is -0.248 e. The average molecular weight is 364 g/mol. The summed E-state index contributed by atoms with van der Waals surface area (Å²) in [6, 6.07) is 1.87. The van der Waals surface area contributed by atoms with Gasteiger partial charge >= 0.3 is 0 Å². The Morgan fingerprint density at radius 1 is 1.12 bits per heavy atom. The molecule has 0 fully saturated rings. The van der Waals surface area contributed by atoms with E-state index in [0.717, 1.165) is 20.0 Å². The first-order valence-electron chi connectivity index (χ1n) is 4.38. The minimum atomic E-state index is 0.645. The Morgan fingerprint density at radius 3 is 2.31 bits per heavy atom. The van der Waals surface area contributed by atoms with Crippen LogP contribution in [0.5, 0.6) is 0 Å². The second-order valence-corrected chi connectivity index (χ2v) is 5.16. The van der Waals surface area contributed by atoms with Crippen molar-refractivity contribution in [3.8, 4) is 11.1 Å². The Morgan fingerprint density at radius 2 is 1.75 bits per heavy atom. The van der Waals surface area contributed by atoms with E-state index in [9.17, 15) is 0 Å². The zero-order chi connectivity index (χ0) is 11.5. The molecule has 0 N–H and O–H groups in total. The molecule has 0 aromatic carbocycles. The van der Waals surface area contributed by atoms with Gasteiger partial charge in [0.25, 0.3) is 0 Å². The van der Waals surface area contributed by atoms with Crippen LogP contribution in [0.15, 0.2) is 29.8 Å². The van der Waals surface area contributed by atoms with E-state index >= 15 is 0 Å². The molecule has 0 radical (unpaired) electrons. The maximum atomic E-state index is 6.01. The predicted octanol–water partition coefficient (Wildman–Crippen LogP) is 3.52. The van der Waals surface area contributed by atoms with Crippen LogP contribution in [0, 0.1) is 3.70 Å². The van der Waals surface area contributed by atoms with E-state index in [1.807, 2.05) is 12.3 Å². The largest absolute Gasteiger partial charge is 0.248 e. The first-order chi connectivity index (χ1) is 7.70. The highest BCUT2D eigenvalue weighted by molar-refractivity contribution is 14.1. The van der Waals surface area contributed by atoms with Gasteiger partial charge in [0.05, 0.1) is 5.02 Å². The second-order valence-electron chi connectivity index (χ2n) is 2.96. The maximum absolute atomic E-state index is 6.01. The van der Waals surface area contributed by atoms with Gasteiger partial charge in [-0.3, -0.25) is 0 Å². The third-order valence-corrected chi connectivity index (χ3v) is 3.98. The molecule has 0 unspecified atom stereocenters. The number of halogens is 2. The fraction of sp³-hybridized carbons (Fsp3) is 0.100. The third-order valence-electron chi connectivity index (χ3n) is 1.94. The van der Waals surface area contributed by atoms with Gasteiger partial charge in [0.15, 0.2) is 5.16 Å². The minimum absolute atomic E-state index is 0.645. The fourth-order valence-corrected chi connectivity index (χ4v) is 1.93. The van der Waals surface area contributed by atoms with Crippen LogP contribution in [0.1, 0.15) is 0 Å². The molecule has 16 heavy (non-hydrogen) atoms. The average Bonchev–Trinajstić information content (AvgIpc) is 2.33. The summed E-state index contributed by atoms with van der Waals surface area (Å²) in [5.74, 6) is 0. The van der Waals surface area contributed by atoms with Crippen molar-refractivity contribution in [3.05, 3.63) is 33.4 Å². The smallest absolute Gasteiger partial charge is 0.187 e. The highest BCUT2D eigenvalue weighted by Crippen LogP contribution is 2.24. The normalized spacial score (nSPS) is 10.4. The lowest BCUT2D eigenvalue weighted by Gasteiger charge is -2.02. The van der Waals surface area contributed by atoms with Gasteiger partial charge in [0, 0.05) is 29.7 Å². The summed E-state index contributed by atoms with van der Waals surface area (Å²) in [7, 11) is 0. The van der Waals surface area contributed by atoms with Gasteiger partial charge in [-0.2, -0.15) is 0 Å². The van der Waals surface area contributed by atoms with E-state index in [2.05, 4.69) is 37.5 Å². The van der Waals surface area contributed by atoms with Gasteiger partial charge < -0.3 is 0 Å². The zero-order valence-corrected chi connectivity index (χ0v) is 12.0. The Kier molecular flexibility index (Phi) is 3.99. The summed E-state index contributed by atoms with van der Waals surface area (Å²) < 4.78 is 0.796. The molecule has 0 aliphatic heterocycles. The lowest BCUT2D eigenvalue weighted by Crippen LogP contribution is -1.89. The molecular formula is C10H7ClIN3S. The molecule has 0 saturated heterocycles. The van der Waals surface area contributed by atoms with E-state index in [-0.39, 0.29) is 0 Å². The van der Waals surface area contributed by atoms with Crippen LogP contribution >= 0.6 is 46.0 Å². The van der Waals surface area contributed by atoms with Crippen LogP contribution < -0.4 is 0 Å². The van der Waals surface area contributed by atoms with Crippen LogP contribution in [0.4, 0.5) is 0 Å². The highest BCUT2D eigenvalue weighted by Gasteiger charge is 2.04. The predicted molar refractivity (Wildman–Crippen MR) is 74.8 cm³/mol. The molecular weight excluding hydrogens is 357 g/mol. The van der Waals surface area contributed by atoms with Gasteiger partial charge in [0.1, 0.15) is 3.70 Å². The van der Waals surface area contributed by atoms with Crippen molar-refractivity contribution in [2.24, 2.45) is 0 Å². The van der Waals surface area contributed by atoms with E-state index in [4.69, 9.17) is 11.6 Å². The number of hydrogen-bond donors (Lipinski definition) is 0. The van der Waals surface area contributed by atoms with E-state index in [1.165, 1.54) is 11.8 Å². The molecule has 0 spiro atoms. The summed E-state index contributed by atoms with van der Waals surface area (Å²) in [6.45, 7) is 0. The van der Waals surface area contributed by atoms with Gasteiger partial charge in [0.2, 0.25) is 0 Å². The molecule has 0 aliphatic rings. The summed E-state index contributed by atoms with van der Waals surface area (Å²) in [4.78, 5) is 12.6. The molecule has 82 valence electrons. The Hall–Kier alpha value is -0.400. The van der Waals surface area contributed by atoms with Crippen molar-refractivity contribution < 1.29 is 0 Å². The topological polar surface area (TPSA) is 38.7 Å². The molecule has 2 rings (SSSR count). The monoisotopic (exact) mass is 363 g/mol. The number of aromatic nitrogens is 3. The van der Waals surface area contributed by atoms with Crippen LogP contribution in [-0.2, 0) is 0 Å². The lowest BCUT2D eigenvalue weighted by atomic mass is 10.2. The van der Waals surface area contributed by atoms with Gasteiger partial charge in [-0.05, 0) is 34.9 Å². The molecule has 3 nitrogen and oxygen atoms in total. The molecule has 0 bridgehead atoms. The molecule has 0 saturated carbocycles. The molecule has 2 aromatic heterocycles. The van der Waals surface area contributed by atoms with Crippen LogP contribution in [-0.4, -0.2) is 21.2 Å². The quantitative estimate of drug-likeness (QED) is 0.354. The number of pyridine rings is 1. The van der Waals surface area contributed by atoms with Crippen LogP contribution in [0.25, 0.3) is 11.1 Å². The number of thioether (sulfide) groups is 1. The van der Waals surface area contributed by atoms with Crippen LogP contribution in [0.3, 0.4) is 0 Å². The maximum Gasteiger partial charge on any atom is 0.187 e. The molecule has 6 heteroatoms. The number of hydrogen-bond acceptors (Lipinski definition) is 4. The number of rotatable bonds is 2. The second kappa shape index (κ2) is 5.29. The summed E-state index contributed by atoms with van der Waals surface area (Å²) in [5.41, 5.74) is 1.85. The first kappa shape index (κ1) is 12.1. The lowest BCUT2D eigenvalue weighted by molar-refractivity contribution is 0.972.